The van der Waals surface area contributed by atoms with Crippen LogP contribution >= 0.6 is 0 Å². The molecule has 1 atom stereocenters. The number of benzene rings is 1. The van der Waals surface area contributed by atoms with E-state index in [1.807, 2.05) is 55.8 Å². The summed E-state index contributed by atoms with van der Waals surface area (Å²) in [5.41, 5.74) is 2.02. The molecule has 0 fully saturated rings. The van der Waals surface area contributed by atoms with Crippen LogP contribution in [0.5, 0.6) is 0 Å². The van der Waals surface area contributed by atoms with Gasteiger partial charge in [-0.05, 0) is 19.9 Å². The molecule has 0 bridgehead atoms. The fraction of sp³-hybridized carbons (Fsp3) is 0.368. The lowest BCUT2D eigenvalue weighted by atomic mass is 10.1. The Morgan fingerprint density at radius 1 is 1.38 bits per heavy atom. The lowest BCUT2D eigenvalue weighted by Crippen LogP contribution is -2.27. The van der Waals surface area contributed by atoms with E-state index in [9.17, 15) is 4.79 Å². The second-order valence-electron chi connectivity index (χ2n) is 6.26. The summed E-state index contributed by atoms with van der Waals surface area (Å²) in [7, 11) is 0. The molecule has 0 saturated carbocycles. The molecule has 3 rings (SSSR count). The standard InChI is InChI=1S/C19H23N5O2/c1-4-16-20-9-11-24(16)10-8-17(25)21-14(3)19-22-18(23-26-19)15-7-5-6-13(2)12-15/h5-7,9,11-12,14H,4,8,10H2,1-3H3,(H,21,25)/t14-/m1/s1. The minimum absolute atomic E-state index is 0.0661. The number of amides is 1. The zero-order chi connectivity index (χ0) is 18.5. The highest BCUT2D eigenvalue weighted by atomic mass is 16.5. The summed E-state index contributed by atoms with van der Waals surface area (Å²) in [4.78, 5) is 20.9. The van der Waals surface area contributed by atoms with E-state index in [1.54, 1.807) is 6.20 Å². The van der Waals surface area contributed by atoms with Crippen LogP contribution in [0, 0.1) is 6.92 Å². The van der Waals surface area contributed by atoms with E-state index in [2.05, 4.69) is 20.4 Å². The molecule has 2 heterocycles. The largest absolute Gasteiger partial charge is 0.345 e. The number of rotatable bonds is 7. The molecule has 3 aromatic rings. The van der Waals surface area contributed by atoms with Gasteiger partial charge in [0.05, 0.1) is 0 Å². The van der Waals surface area contributed by atoms with Crippen LogP contribution in [0.2, 0.25) is 0 Å². The first-order chi connectivity index (χ1) is 12.6. The van der Waals surface area contributed by atoms with Crippen LogP contribution in [0.1, 0.15) is 43.6 Å². The molecule has 0 saturated heterocycles. The minimum Gasteiger partial charge on any atom is -0.345 e. The van der Waals surface area contributed by atoms with E-state index >= 15 is 0 Å². The molecule has 0 radical (unpaired) electrons. The van der Waals surface area contributed by atoms with E-state index in [0.29, 0.717) is 24.7 Å². The fourth-order valence-corrected chi connectivity index (χ4v) is 2.77. The Morgan fingerprint density at radius 3 is 3.00 bits per heavy atom. The monoisotopic (exact) mass is 353 g/mol. The average Bonchev–Trinajstić information content (AvgIpc) is 3.29. The highest BCUT2D eigenvalue weighted by Gasteiger charge is 2.17. The number of hydrogen-bond donors (Lipinski definition) is 1. The summed E-state index contributed by atoms with van der Waals surface area (Å²) in [6.07, 6.45) is 4.85. The lowest BCUT2D eigenvalue weighted by Gasteiger charge is -2.10. The Kier molecular flexibility index (Phi) is 5.46. The Balaban J connectivity index is 1.58. The molecule has 1 amide bonds. The lowest BCUT2D eigenvalue weighted by molar-refractivity contribution is -0.122. The van der Waals surface area contributed by atoms with Gasteiger partial charge >= 0.3 is 0 Å². The normalized spacial score (nSPS) is 12.1. The molecule has 1 aromatic carbocycles. The minimum atomic E-state index is -0.345. The van der Waals surface area contributed by atoms with Crippen molar-refractivity contribution < 1.29 is 9.32 Å². The van der Waals surface area contributed by atoms with E-state index in [-0.39, 0.29) is 11.9 Å². The Bertz CT molecular complexity index is 883. The van der Waals surface area contributed by atoms with Crippen molar-refractivity contribution in [3.05, 3.63) is 53.9 Å². The molecule has 26 heavy (non-hydrogen) atoms. The van der Waals surface area contributed by atoms with Crippen molar-refractivity contribution in [1.82, 2.24) is 25.0 Å². The summed E-state index contributed by atoms with van der Waals surface area (Å²) < 4.78 is 7.31. The maximum atomic E-state index is 12.2. The van der Waals surface area contributed by atoms with Crippen LogP contribution in [-0.4, -0.2) is 25.6 Å². The van der Waals surface area contributed by atoms with Crippen LogP contribution in [0.4, 0.5) is 0 Å². The van der Waals surface area contributed by atoms with E-state index in [4.69, 9.17) is 4.52 Å². The number of imidazole rings is 1. The SMILES string of the molecule is CCc1nccn1CCC(=O)N[C@H](C)c1nc(-c2cccc(C)c2)no1. The fourth-order valence-electron chi connectivity index (χ4n) is 2.77. The molecule has 2 aromatic heterocycles. The zero-order valence-corrected chi connectivity index (χ0v) is 15.3. The maximum absolute atomic E-state index is 12.2. The van der Waals surface area contributed by atoms with Crippen LogP contribution in [0.3, 0.4) is 0 Å². The first kappa shape index (κ1) is 17.8. The summed E-state index contributed by atoms with van der Waals surface area (Å²) in [6.45, 7) is 6.49. The third-order valence-corrected chi connectivity index (χ3v) is 4.16. The van der Waals surface area contributed by atoms with Crippen LogP contribution in [-0.2, 0) is 17.8 Å². The van der Waals surface area contributed by atoms with Gasteiger partial charge in [0.2, 0.25) is 17.6 Å². The van der Waals surface area contributed by atoms with Crippen molar-refractivity contribution in [1.29, 1.82) is 0 Å². The third-order valence-electron chi connectivity index (χ3n) is 4.16. The zero-order valence-electron chi connectivity index (χ0n) is 15.3. The van der Waals surface area contributed by atoms with Crippen LogP contribution in [0.25, 0.3) is 11.4 Å². The number of carbonyl (C=O) groups excluding carboxylic acids is 1. The Labute approximate surface area is 152 Å². The quantitative estimate of drug-likeness (QED) is 0.705. The van der Waals surface area contributed by atoms with Gasteiger partial charge in [0, 0.05) is 37.3 Å². The van der Waals surface area contributed by atoms with Gasteiger partial charge in [0.1, 0.15) is 11.9 Å². The summed E-state index contributed by atoms with van der Waals surface area (Å²) in [5, 5.41) is 6.92. The highest BCUT2D eigenvalue weighted by molar-refractivity contribution is 5.76. The average molecular weight is 353 g/mol. The predicted octanol–water partition coefficient (Wildman–Crippen LogP) is 3.07. The van der Waals surface area contributed by atoms with Crippen molar-refractivity contribution in [2.24, 2.45) is 0 Å². The molecule has 0 spiro atoms. The van der Waals surface area contributed by atoms with Crippen molar-refractivity contribution in [2.75, 3.05) is 0 Å². The van der Waals surface area contributed by atoms with Gasteiger partial charge in [-0.2, -0.15) is 4.98 Å². The second-order valence-corrected chi connectivity index (χ2v) is 6.26. The molecule has 1 N–H and O–H groups in total. The number of nitrogens with zero attached hydrogens (tertiary/aromatic N) is 4. The van der Waals surface area contributed by atoms with Gasteiger partial charge in [-0.3, -0.25) is 4.79 Å². The molecule has 0 aliphatic carbocycles. The number of aromatic nitrogens is 4. The van der Waals surface area contributed by atoms with Gasteiger partial charge in [0.15, 0.2) is 0 Å². The third kappa shape index (κ3) is 4.17. The molecular formula is C19H23N5O2. The van der Waals surface area contributed by atoms with Gasteiger partial charge in [0.25, 0.3) is 0 Å². The van der Waals surface area contributed by atoms with Crippen molar-refractivity contribution in [3.63, 3.8) is 0 Å². The van der Waals surface area contributed by atoms with Crippen LogP contribution in [0.15, 0.2) is 41.2 Å². The second kappa shape index (κ2) is 7.95. The van der Waals surface area contributed by atoms with Gasteiger partial charge in [-0.25, -0.2) is 4.98 Å². The van der Waals surface area contributed by atoms with E-state index < -0.39 is 0 Å². The Morgan fingerprint density at radius 2 is 2.23 bits per heavy atom. The number of hydrogen-bond acceptors (Lipinski definition) is 5. The first-order valence-electron chi connectivity index (χ1n) is 8.77. The number of carbonyl (C=O) groups is 1. The first-order valence-corrected chi connectivity index (χ1v) is 8.77. The molecule has 136 valence electrons. The van der Waals surface area contributed by atoms with Gasteiger partial charge in [-0.1, -0.05) is 35.8 Å². The molecule has 7 nitrogen and oxygen atoms in total. The molecular weight excluding hydrogens is 330 g/mol. The maximum Gasteiger partial charge on any atom is 0.249 e. The summed E-state index contributed by atoms with van der Waals surface area (Å²) in [6, 6.07) is 7.54. The van der Waals surface area contributed by atoms with E-state index in [1.165, 1.54) is 0 Å². The summed E-state index contributed by atoms with van der Waals surface area (Å²) in [5.74, 6) is 1.83. The molecule has 0 unspecified atom stereocenters. The molecule has 7 heteroatoms. The number of aryl methyl sites for hydroxylation is 3. The molecule has 0 aliphatic rings. The van der Waals surface area contributed by atoms with Gasteiger partial charge in [-0.15, -0.1) is 0 Å². The van der Waals surface area contributed by atoms with E-state index in [0.717, 1.165) is 23.4 Å². The van der Waals surface area contributed by atoms with Gasteiger partial charge < -0.3 is 14.4 Å². The van der Waals surface area contributed by atoms with Crippen molar-refractivity contribution in [2.45, 2.75) is 46.2 Å². The highest BCUT2D eigenvalue weighted by Crippen LogP contribution is 2.19. The summed E-state index contributed by atoms with van der Waals surface area (Å²) >= 11 is 0. The topological polar surface area (TPSA) is 85.8 Å². The predicted molar refractivity (Wildman–Crippen MR) is 97.3 cm³/mol. The van der Waals surface area contributed by atoms with Crippen LogP contribution < -0.4 is 5.32 Å². The number of nitrogens with one attached hydrogen (secondary N) is 1. The smallest absolute Gasteiger partial charge is 0.249 e. The van der Waals surface area contributed by atoms with Crippen molar-refractivity contribution in [3.8, 4) is 11.4 Å². The Hall–Kier alpha value is -2.96. The molecule has 0 aliphatic heterocycles. The van der Waals surface area contributed by atoms with Crippen molar-refractivity contribution >= 4 is 5.91 Å².